The first-order valence-corrected chi connectivity index (χ1v) is 10.2. The smallest absolute Gasteiger partial charge is 0.269 e. The van der Waals surface area contributed by atoms with Crippen LogP contribution in [0.4, 0.5) is 10.8 Å². The first-order chi connectivity index (χ1) is 13.9. The number of non-ortho nitro benzene ring substituents is 1. The summed E-state index contributed by atoms with van der Waals surface area (Å²) in [5.41, 5.74) is 1.47. The van der Waals surface area contributed by atoms with Gasteiger partial charge in [0, 0.05) is 42.7 Å². The molecule has 0 N–H and O–H groups in total. The van der Waals surface area contributed by atoms with Crippen molar-refractivity contribution in [3.05, 3.63) is 52.4 Å². The highest BCUT2D eigenvalue weighted by Gasteiger charge is 2.26. The lowest BCUT2D eigenvalue weighted by atomic mass is 10.1. The topological polar surface area (TPSA) is 88.8 Å². The van der Waals surface area contributed by atoms with E-state index in [1.165, 1.54) is 23.5 Å². The summed E-state index contributed by atoms with van der Waals surface area (Å²) >= 11 is 1.36. The molecule has 9 heteroatoms. The molecule has 1 aliphatic rings. The van der Waals surface area contributed by atoms with Crippen molar-refractivity contribution in [1.29, 1.82) is 0 Å². The van der Waals surface area contributed by atoms with Crippen molar-refractivity contribution < 1.29 is 14.5 Å². The van der Waals surface area contributed by atoms with E-state index in [0.717, 1.165) is 5.56 Å². The number of anilines is 1. The summed E-state index contributed by atoms with van der Waals surface area (Å²) in [7, 11) is 0. The Morgan fingerprint density at radius 3 is 2.62 bits per heavy atom. The number of morpholine rings is 1. The number of nitrogens with zero attached hydrogens (tertiary/aromatic N) is 4. The van der Waals surface area contributed by atoms with E-state index < -0.39 is 4.92 Å². The quantitative estimate of drug-likeness (QED) is 0.391. The van der Waals surface area contributed by atoms with Crippen molar-refractivity contribution >= 4 is 28.1 Å². The number of carbonyl (C=O) groups excluding carboxylic acids is 1. The molecule has 154 valence electrons. The first kappa shape index (κ1) is 21.1. The van der Waals surface area contributed by atoms with Crippen LogP contribution < -0.4 is 4.90 Å². The number of aromatic nitrogens is 1. The molecule has 3 rings (SSSR count). The van der Waals surface area contributed by atoms with Crippen LogP contribution in [-0.4, -0.2) is 59.1 Å². The molecule has 0 radical (unpaired) electrons. The summed E-state index contributed by atoms with van der Waals surface area (Å²) in [6.07, 6.45) is 1.86. The number of thiazole rings is 1. The largest absolute Gasteiger partial charge is 0.373 e. The summed E-state index contributed by atoms with van der Waals surface area (Å²) < 4.78 is 5.73. The standard InChI is InChI=1S/C20H24N4O4S/c1-4-9-23(19(25)12-22-10-14(2)28-15(3)11-22)20-21-18(13-29-20)16-5-7-17(8-6-16)24(26)27/h4-8,13-15H,1,9-12H2,2-3H3/t14-,15-/m0/s1. The van der Waals surface area contributed by atoms with Crippen LogP contribution in [0.3, 0.4) is 0 Å². The van der Waals surface area contributed by atoms with Crippen LogP contribution in [0, 0.1) is 10.1 Å². The zero-order valence-corrected chi connectivity index (χ0v) is 17.3. The highest BCUT2D eigenvalue weighted by Crippen LogP contribution is 2.29. The average Bonchev–Trinajstić information content (AvgIpc) is 3.15. The van der Waals surface area contributed by atoms with Crippen molar-refractivity contribution in [2.24, 2.45) is 0 Å². The molecule has 0 aliphatic carbocycles. The van der Waals surface area contributed by atoms with Crippen LogP contribution >= 0.6 is 11.3 Å². The van der Waals surface area contributed by atoms with Crippen molar-refractivity contribution in [2.75, 3.05) is 31.1 Å². The molecular formula is C20H24N4O4S. The molecule has 29 heavy (non-hydrogen) atoms. The minimum absolute atomic E-state index is 0.0293. The predicted octanol–water partition coefficient (Wildman–Crippen LogP) is 3.35. The van der Waals surface area contributed by atoms with E-state index >= 15 is 0 Å². The molecule has 2 aromatic rings. The number of nitro benzene ring substituents is 1. The molecule has 1 aliphatic heterocycles. The Morgan fingerprint density at radius 2 is 2.03 bits per heavy atom. The van der Waals surface area contributed by atoms with Gasteiger partial charge in [0.15, 0.2) is 5.13 Å². The second-order valence-electron chi connectivity index (χ2n) is 7.06. The molecule has 1 aromatic heterocycles. The van der Waals surface area contributed by atoms with Crippen molar-refractivity contribution in [3.8, 4) is 11.3 Å². The van der Waals surface area contributed by atoms with E-state index in [-0.39, 0.29) is 23.8 Å². The molecule has 1 amide bonds. The highest BCUT2D eigenvalue weighted by atomic mass is 32.1. The zero-order valence-electron chi connectivity index (χ0n) is 16.5. The third-order valence-electron chi connectivity index (χ3n) is 4.56. The molecule has 8 nitrogen and oxygen atoms in total. The van der Waals surface area contributed by atoms with Crippen LogP contribution in [0.1, 0.15) is 13.8 Å². The maximum Gasteiger partial charge on any atom is 0.269 e. The lowest BCUT2D eigenvalue weighted by Gasteiger charge is -2.35. The molecule has 2 heterocycles. The number of amides is 1. The summed E-state index contributed by atoms with van der Waals surface area (Å²) in [6, 6.07) is 6.21. The Morgan fingerprint density at radius 1 is 1.38 bits per heavy atom. The molecule has 2 atom stereocenters. The van der Waals surface area contributed by atoms with Crippen LogP contribution in [0.5, 0.6) is 0 Å². The molecule has 0 unspecified atom stereocenters. The molecule has 0 spiro atoms. The summed E-state index contributed by atoms with van der Waals surface area (Å²) in [4.78, 5) is 31.7. The average molecular weight is 417 g/mol. The van der Waals surface area contributed by atoms with E-state index in [2.05, 4.69) is 16.5 Å². The predicted molar refractivity (Wildman–Crippen MR) is 113 cm³/mol. The highest BCUT2D eigenvalue weighted by molar-refractivity contribution is 7.14. The van der Waals surface area contributed by atoms with Crippen LogP contribution in [0.2, 0.25) is 0 Å². The second kappa shape index (κ2) is 9.25. The lowest BCUT2D eigenvalue weighted by molar-refractivity contribution is -0.384. The fraction of sp³-hybridized carbons (Fsp3) is 0.400. The SMILES string of the molecule is C=CCN(C(=O)CN1C[C@H](C)O[C@@H](C)C1)c1nc(-c2ccc([N+](=O)[O-])cc2)cs1. The number of ether oxygens (including phenoxy) is 1. The second-order valence-corrected chi connectivity index (χ2v) is 7.90. The Labute approximate surface area is 173 Å². The monoisotopic (exact) mass is 416 g/mol. The van der Waals surface area contributed by atoms with Crippen molar-refractivity contribution in [1.82, 2.24) is 9.88 Å². The number of benzene rings is 1. The third-order valence-corrected chi connectivity index (χ3v) is 5.43. The van der Waals surface area contributed by atoms with Gasteiger partial charge in [-0.3, -0.25) is 24.7 Å². The van der Waals surface area contributed by atoms with E-state index in [1.54, 1.807) is 23.1 Å². The van der Waals surface area contributed by atoms with Gasteiger partial charge in [0.2, 0.25) is 5.91 Å². The van der Waals surface area contributed by atoms with Gasteiger partial charge in [-0.1, -0.05) is 6.08 Å². The minimum Gasteiger partial charge on any atom is -0.373 e. The van der Waals surface area contributed by atoms with Gasteiger partial charge in [-0.15, -0.1) is 17.9 Å². The van der Waals surface area contributed by atoms with E-state index in [0.29, 0.717) is 37.0 Å². The van der Waals surface area contributed by atoms with Gasteiger partial charge in [0.25, 0.3) is 5.69 Å². The fourth-order valence-corrected chi connectivity index (χ4v) is 4.24. The number of hydrogen-bond donors (Lipinski definition) is 0. The summed E-state index contributed by atoms with van der Waals surface area (Å²) in [5.74, 6) is -0.0456. The molecule has 1 aromatic carbocycles. The summed E-state index contributed by atoms with van der Waals surface area (Å²) in [6.45, 7) is 9.84. The minimum atomic E-state index is -0.436. The van der Waals surface area contributed by atoms with E-state index in [9.17, 15) is 14.9 Å². The Hall–Kier alpha value is -2.62. The van der Waals surface area contributed by atoms with Gasteiger partial charge < -0.3 is 4.74 Å². The van der Waals surface area contributed by atoms with Crippen molar-refractivity contribution in [2.45, 2.75) is 26.1 Å². The number of carbonyl (C=O) groups is 1. The van der Waals surface area contributed by atoms with Gasteiger partial charge in [0.05, 0.1) is 29.4 Å². The van der Waals surface area contributed by atoms with Gasteiger partial charge in [0.1, 0.15) is 0 Å². The zero-order chi connectivity index (χ0) is 21.0. The first-order valence-electron chi connectivity index (χ1n) is 9.36. The number of hydrogen-bond acceptors (Lipinski definition) is 7. The fourth-order valence-electron chi connectivity index (χ4n) is 3.38. The molecule has 0 bridgehead atoms. The van der Waals surface area contributed by atoms with Crippen molar-refractivity contribution in [3.63, 3.8) is 0 Å². The molecule has 1 fully saturated rings. The van der Waals surface area contributed by atoms with Gasteiger partial charge in [-0.25, -0.2) is 4.98 Å². The Balaban J connectivity index is 1.74. The lowest BCUT2D eigenvalue weighted by Crippen LogP contribution is -2.50. The van der Waals surface area contributed by atoms with E-state index in [1.807, 2.05) is 19.2 Å². The maximum atomic E-state index is 13.0. The number of nitro groups is 1. The Kier molecular flexibility index (Phi) is 6.73. The third kappa shape index (κ3) is 5.26. The van der Waals surface area contributed by atoms with Crippen LogP contribution in [0.25, 0.3) is 11.3 Å². The molecule has 1 saturated heterocycles. The Bertz CT molecular complexity index is 873. The van der Waals surface area contributed by atoms with Gasteiger partial charge in [-0.2, -0.15) is 0 Å². The van der Waals surface area contributed by atoms with Gasteiger partial charge >= 0.3 is 0 Å². The normalized spacial score (nSPS) is 19.7. The number of rotatable bonds is 7. The maximum absolute atomic E-state index is 13.0. The molecular weight excluding hydrogens is 392 g/mol. The van der Waals surface area contributed by atoms with E-state index in [4.69, 9.17) is 4.74 Å². The van der Waals surface area contributed by atoms with Gasteiger partial charge in [-0.05, 0) is 26.0 Å². The summed E-state index contributed by atoms with van der Waals surface area (Å²) in [5, 5.41) is 13.2. The molecule has 0 saturated carbocycles. The van der Waals surface area contributed by atoms with Crippen LogP contribution in [0.15, 0.2) is 42.3 Å². The van der Waals surface area contributed by atoms with Crippen LogP contribution in [-0.2, 0) is 9.53 Å².